The number of piperidine rings is 1. The number of ether oxygens (including phenoxy) is 2. The van der Waals surface area contributed by atoms with Crippen LogP contribution >= 0.6 is 0 Å². The molecule has 5 heteroatoms. The number of fused-ring (bicyclic) bond motifs is 5. The third-order valence-corrected chi connectivity index (χ3v) is 3.31. The number of epoxide rings is 1. The summed E-state index contributed by atoms with van der Waals surface area (Å²) >= 11 is 0. The summed E-state index contributed by atoms with van der Waals surface area (Å²) < 4.78 is 10.6. The van der Waals surface area contributed by atoms with Crippen molar-refractivity contribution in [1.82, 2.24) is 4.90 Å². The Kier molecular flexibility index (Phi) is 1.74. The molecule has 0 spiro atoms. The SMILES string of the molecule is CC(C)(C)OC(=O)N1C(=O)[C@H]2C[C@@H]1[C@@H]1O[C@@H]12. The zero-order valence-electron chi connectivity index (χ0n) is 9.60. The molecule has 2 aliphatic heterocycles. The molecule has 88 valence electrons. The molecule has 2 saturated heterocycles. The highest BCUT2D eigenvalue weighted by molar-refractivity contribution is 5.97. The number of nitrogens with zero attached hydrogens (tertiary/aromatic N) is 1. The summed E-state index contributed by atoms with van der Waals surface area (Å²) in [5, 5.41) is 0. The minimum atomic E-state index is -0.566. The molecule has 2 amide bonds. The number of amides is 2. The van der Waals surface area contributed by atoms with Crippen LogP contribution in [0.5, 0.6) is 0 Å². The highest BCUT2D eigenvalue weighted by atomic mass is 16.6. The molecule has 0 radical (unpaired) electrons. The molecule has 4 atom stereocenters. The smallest absolute Gasteiger partial charge is 0.417 e. The van der Waals surface area contributed by atoms with Crippen LogP contribution in [0.1, 0.15) is 27.2 Å². The molecule has 0 aromatic carbocycles. The normalized spacial score (nSPS) is 39.9. The van der Waals surface area contributed by atoms with E-state index in [1.165, 1.54) is 4.90 Å². The zero-order valence-corrected chi connectivity index (χ0v) is 9.60. The Morgan fingerprint density at radius 1 is 1.44 bits per heavy atom. The van der Waals surface area contributed by atoms with Gasteiger partial charge in [-0.3, -0.25) is 4.79 Å². The molecular formula is C11H15NO4. The third-order valence-electron chi connectivity index (χ3n) is 3.31. The fraction of sp³-hybridized carbons (Fsp3) is 0.818. The lowest BCUT2D eigenvalue weighted by Gasteiger charge is -2.27. The van der Waals surface area contributed by atoms with E-state index < -0.39 is 11.7 Å². The van der Waals surface area contributed by atoms with Crippen molar-refractivity contribution in [3.05, 3.63) is 0 Å². The van der Waals surface area contributed by atoms with E-state index in [1.807, 2.05) is 0 Å². The number of imide groups is 1. The number of hydrogen-bond donors (Lipinski definition) is 0. The van der Waals surface area contributed by atoms with Gasteiger partial charge in [0.2, 0.25) is 5.91 Å². The van der Waals surface area contributed by atoms with E-state index in [2.05, 4.69) is 0 Å². The Balaban J connectivity index is 1.76. The van der Waals surface area contributed by atoms with E-state index in [0.717, 1.165) is 6.42 Å². The predicted octanol–water partition coefficient (Wildman–Crippen LogP) is 0.920. The molecule has 16 heavy (non-hydrogen) atoms. The van der Waals surface area contributed by atoms with E-state index in [0.29, 0.717) is 0 Å². The Hall–Kier alpha value is -1.10. The topological polar surface area (TPSA) is 59.1 Å². The summed E-state index contributed by atoms with van der Waals surface area (Å²) in [5.41, 5.74) is -0.566. The lowest BCUT2D eigenvalue weighted by molar-refractivity contribution is -0.132. The summed E-state index contributed by atoms with van der Waals surface area (Å²) in [5.74, 6) is -0.236. The van der Waals surface area contributed by atoms with Gasteiger partial charge in [-0.1, -0.05) is 0 Å². The first-order valence-corrected chi connectivity index (χ1v) is 5.60. The van der Waals surface area contributed by atoms with Crippen molar-refractivity contribution in [1.29, 1.82) is 0 Å². The molecule has 3 rings (SSSR count). The number of hydrogen-bond acceptors (Lipinski definition) is 4. The van der Waals surface area contributed by atoms with Gasteiger partial charge in [-0.15, -0.1) is 0 Å². The maximum Gasteiger partial charge on any atom is 0.417 e. The standard InChI is InChI=1S/C11H15NO4/c1-11(2,3)16-10(14)12-6-4-5(9(12)13)7-8(6)15-7/h5-8H,4H2,1-3H3/t5-,6+,7+,8-/m0/s1. The highest BCUT2D eigenvalue weighted by Crippen LogP contribution is 2.51. The molecule has 1 saturated carbocycles. The van der Waals surface area contributed by atoms with Gasteiger partial charge in [0, 0.05) is 0 Å². The number of carbonyl (C=O) groups is 2. The molecule has 3 aliphatic rings. The first kappa shape index (κ1) is 10.1. The molecule has 0 N–H and O–H groups in total. The van der Waals surface area contributed by atoms with Crippen molar-refractivity contribution < 1.29 is 19.1 Å². The molecule has 5 nitrogen and oxygen atoms in total. The largest absolute Gasteiger partial charge is 0.443 e. The van der Waals surface area contributed by atoms with Crippen LogP contribution in [0.4, 0.5) is 4.79 Å². The maximum absolute atomic E-state index is 11.9. The third kappa shape index (κ3) is 1.27. The number of likely N-dealkylation sites (tertiary alicyclic amines) is 1. The summed E-state index contributed by atoms with van der Waals surface area (Å²) in [6, 6.07) is -0.0858. The second kappa shape index (κ2) is 2.77. The van der Waals surface area contributed by atoms with Crippen molar-refractivity contribution in [2.24, 2.45) is 5.92 Å². The Morgan fingerprint density at radius 2 is 2.12 bits per heavy atom. The Morgan fingerprint density at radius 3 is 2.69 bits per heavy atom. The Bertz CT molecular complexity index is 373. The number of rotatable bonds is 0. The van der Waals surface area contributed by atoms with Crippen LogP contribution in [0.25, 0.3) is 0 Å². The average molecular weight is 225 g/mol. The second-order valence-corrected chi connectivity index (χ2v) is 5.66. The lowest BCUT2D eigenvalue weighted by atomic mass is 10.1. The Labute approximate surface area is 93.7 Å². The van der Waals surface area contributed by atoms with Gasteiger partial charge in [-0.05, 0) is 27.2 Å². The minimum Gasteiger partial charge on any atom is -0.443 e. The highest BCUT2D eigenvalue weighted by Gasteiger charge is 2.68. The lowest BCUT2D eigenvalue weighted by Crippen LogP contribution is -2.47. The van der Waals surface area contributed by atoms with E-state index in [9.17, 15) is 9.59 Å². The van der Waals surface area contributed by atoms with Gasteiger partial charge >= 0.3 is 6.09 Å². The van der Waals surface area contributed by atoms with Gasteiger partial charge in [0.25, 0.3) is 0 Å². The average Bonchev–Trinajstić information content (AvgIpc) is 2.74. The first-order chi connectivity index (χ1) is 7.38. The van der Waals surface area contributed by atoms with Crippen molar-refractivity contribution in [2.75, 3.05) is 0 Å². The van der Waals surface area contributed by atoms with Crippen LogP contribution in [0.2, 0.25) is 0 Å². The monoisotopic (exact) mass is 225 g/mol. The maximum atomic E-state index is 11.9. The van der Waals surface area contributed by atoms with Gasteiger partial charge in [0.05, 0.1) is 18.1 Å². The molecule has 2 heterocycles. The quantitative estimate of drug-likeness (QED) is 0.575. The number of carbonyl (C=O) groups excluding carboxylic acids is 2. The summed E-state index contributed by atoms with van der Waals surface area (Å²) in [4.78, 5) is 25.0. The van der Waals surface area contributed by atoms with E-state index in [1.54, 1.807) is 20.8 Å². The second-order valence-electron chi connectivity index (χ2n) is 5.66. The molecule has 3 fully saturated rings. The van der Waals surface area contributed by atoms with E-state index in [4.69, 9.17) is 9.47 Å². The van der Waals surface area contributed by atoms with Crippen LogP contribution in [0.3, 0.4) is 0 Å². The summed E-state index contributed by atoms with van der Waals surface area (Å²) in [6.07, 6.45) is 0.373. The molecule has 0 aromatic heterocycles. The fourth-order valence-electron chi connectivity index (χ4n) is 2.67. The minimum absolute atomic E-state index is 0.0789. The predicted molar refractivity (Wildman–Crippen MR) is 53.6 cm³/mol. The van der Waals surface area contributed by atoms with Crippen molar-refractivity contribution in [3.8, 4) is 0 Å². The van der Waals surface area contributed by atoms with Gasteiger partial charge in [0.15, 0.2) is 0 Å². The molecule has 2 bridgehead atoms. The van der Waals surface area contributed by atoms with Crippen molar-refractivity contribution in [3.63, 3.8) is 0 Å². The van der Waals surface area contributed by atoms with Gasteiger partial charge < -0.3 is 9.47 Å². The van der Waals surface area contributed by atoms with Crippen molar-refractivity contribution >= 4 is 12.0 Å². The fourth-order valence-corrected chi connectivity index (χ4v) is 2.67. The van der Waals surface area contributed by atoms with E-state index >= 15 is 0 Å². The molecule has 0 aromatic rings. The van der Waals surface area contributed by atoms with Crippen LogP contribution in [0, 0.1) is 5.92 Å². The van der Waals surface area contributed by atoms with E-state index in [-0.39, 0.29) is 30.1 Å². The zero-order chi connectivity index (χ0) is 11.7. The van der Waals surface area contributed by atoms with Gasteiger partial charge in [-0.25, -0.2) is 9.69 Å². The first-order valence-electron chi connectivity index (χ1n) is 5.60. The van der Waals surface area contributed by atoms with Crippen LogP contribution < -0.4 is 0 Å². The van der Waals surface area contributed by atoms with Crippen LogP contribution in [-0.2, 0) is 14.3 Å². The molecular weight excluding hydrogens is 210 g/mol. The van der Waals surface area contributed by atoms with Gasteiger partial charge in [0.1, 0.15) is 11.7 Å². The molecule has 1 aliphatic carbocycles. The summed E-state index contributed by atoms with van der Waals surface area (Å²) in [6.45, 7) is 5.38. The van der Waals surface area contributed by atoms with Crippen molar-refractivity contribution in [2.45, 2.75) is 51.0 Å². The van der Waals surface area contributed by atoms with Gasteiger partial charge in [-0.2, -0.15) is 0 Å². The van der Waals surface area contributed by atoms with Crippen LogP contribution in [-0.4, -0.2) is 40.8 Å². The summed E-state index contributed by atoms with van der Waals surface area (Å²) in [7, 11) is 0. The molecule has 0 unspecified atom stereocenters. The van der Waals surface area contributed by atoms with Crippen LogP contribution in [0.15, 0.2) is 0 Å².